The highest BCUT2D eigenvalue weighted by Gasteiger charge is 2.21. The Morgan fingerprint density at radius 2 is 1.76 bits per heavy atom. The number of hydrogen-bond donors (Lipinski definition) is 1. The minimum absolute atomic E-state index is 0.0651. The molecule has 1 aliphatic heterocycles. The summed E-state index contributed by atoms with van der Waals surface area (Å²) in [4.78, 5) is 27.0. The number of carbonyl (C=O) groups excluding carboxylic acids is 2. The fourth-order valence-electron chi connectivity index (χ4n) is 1.95. The molecule has 0 aromatic carbocycles. The quantitative estimate of drug-likeness (QED) is 0.757. The molecule has 0 aliphatic carbocycles. The molecular formula is C12H23N3O2. The van der Waals surface area contributed by atoms with E-state index in [9.17, 15) is 9.59 Å². The van der Waals surface area contributed by atoms with E-state index in [0.29, 0.717) is 13.0 Å². The van der Waals surface area contributed by atoms with E-state index in [2.05, 4.69) is 10.2 Å². The van der Waals surface area contributed by atoms with Crippen LogP contribution >= 0.6 is 0 Å². The Morgan fingerprint density at radius 1 is 1.18 bits per heavy atom. The van der Waals surface area contributed by atoms with Crippen LogP contribution in [0.2, 0.25) is 0 Å². The van der Waals surface area contributed by atoms with Crippen LogP contribution in [0.4, 0.5) is 0 Å². The van der Waals surface area contributed by atoms with Crippen LogP contribution < -0.4 is 5.32 Å². The summed E-state index contributed by atoms with van der Waals surface area (Å²) in [5.41, 5.74) is 0. The standard InChI is InChI=1S/C12H23N3O2/c1-4-12(17)15-7-5-14(6-8-15)9-11(16)13-10(2)3/h10H,4-9H2,1-3H3,(H,13,16). The lowest BCUT2D eigenvalue weighted by molar-refractivity contribution is -0.132. The van der Waals surface area contributed by atoms with E-state index in [1.165, 1.54) is 0 Å². The number of nitrogens with one attached hydrogen (secondary N) is 1. The van der Waals surface area contributed by atoms with Crippen molar-refractivity contribution in [2.24, 2.45) is 0 Å². The third-order valence-corrected chi connectivity index (χ3v) is 2.84. The molecule has 0 spiro atoms. The largest absolute Gasteiger partial charge is 0.353 e. The van der Waals surface area contributed by atoms with Crippen molar-refractivity contribution in [3.05, 3.63) is 0 Å². The maximum absolute atomic E-state index is 11.6. The van der Waals surface area contributed by atoms with Gasteiger partial charge in [-0.05, 0) is 13.8 Å². The summed E-state index contributed by atoms with van der Waals surface area (Å²) in [6.45, 7) is 9.28. The van der Waals surface area contributed by atoms with Crippen LogP contribution in [0.15, 0.2) is 0 Å². The molecule has 5 heteroatoms. The molecule has 1 rings (SSSR count). The minimum atomic E-state index is 0.0651. The lowest BCUT2D eigenvalue weighted by Gasteiger charge is -2.34. The summed E-state index contributed by atoms with van der Waals surface area (Å²) in [7, 11) is 0. The average Bonchev–Trinajstić information content (AvgIpc) is 2.28. The first-order chi connectivity index (χ1) is 8.02. The maximum atomic E-state index is 11.6. The minimum Gasteiger partial charge on any atom is -0.353 e. The van der Waals surface area contributed by atoms with Gasteiger partial charge in [-0.25, -0.2) is 0 Å². The highest BCUT2D eigenvalue weighted by atomic mass is 16.2. The van der Waals surface area contributed by atoms with E-state index >= 15 is 0 Å². The summed E-state index contributed by atoms with van der Waals surface area (Å²) < 4.78 is 0. The molecule has 0 saturated carbocycles. The molecule has 0 atom stereocenters. The van der Waals surface area contributed by atoms with Gasteiger partial charge in [-0.2, -0.15) is 0 Å². The molecule has 1 fully saturated rings. The number of nitrogens with zero attached hydrogens (tertiary/aromatic N) is 2. The van der Waals surface area contributed by atoms with E-state index < -0.39 is 0 Å². The van der Waals surface area contributed by atoms with Crippen LogP contribution in [0.5, 0.6) is 0 Å². The van der Waals surface area contributed by atoms with Gasteiger partial charge in [0, 0.05) is 38.6 Å². The normalized spacial score (nSPS) is 17.3. The van der Waals surface area contributed by atoms with Crippen molar-refractivity contribution in [2.45, 2.75) is 33.2 Å². The first kappa shape index (κ1) is 14.0. The molecule has 2 amide bonds. The van der Waals surface area contributed by atoms with Gasteiger partial charge in [0.05, 0.1) is 6.54 Å². The van der Waals surface area contributed by atoms with Crippen LogP contribution in [0.3, 0.4) is 0 Å². The van der Waals surface area contributed by atoms with Crippen molar-refractivity contribution in [3.8, 4) is 0 Å². The van der Waals surface area contributed by atoms with Gasteiger partial charge in [-0.15, -0.1) is 0 Å². The number of rotatable bonds is 4. The van der Waals surface area contributed by atoms with Crippen molar-refractivity contribution >= 4 is 11.8 Å². The van der Waals surface area contributed by atoms with Gasteiger partial charge in [0.1, 0.15) is 0 Å². The topological polar surface area (TPSA) is 52.7 Å². The van der Waals surface area contributed by atoms with Gasteiger partial charge < -0.3 is 10.2 Å². The molecule has 17 heavy (non-hydrogen) atoms. The lowest BCUT2D eigenvalue weighted by Crippen LogP contribution is -2.51. The predicted octanol–water partition coefficient (Wildman–Crippen LogP) is 0.0652. The van der Waals surface area contributed by atoms with E-state index in [4.69, 9.17) is 0 Å². The second-order valence-electron chi connectivity index (χ2n) is 4.73. The van der Waals surface area contributed by atoms with E-state index in [0.717, 1.165) is 26.2 Å². The zero-order chi connectivity index (χ0) is 12.8. The molecular weight excluding hydrogens is 218 g/mol. The van der Waals surface area contributed by atoms with Crippen molar-refractivity contribution in [3.63, 3.8) is 0 Å². The molecule has 1 aliphatic rings. The zero-order valence-corrected chi connectivity index (χ0v) is 11.0. The predicted molar refractivity (Wildman–Crippen MR) is 66.6 cm³/mol. The Labute approximate surface area is 103 Å². The number of hydrogen-bond acceptors (Lipinski definition) is 3. The first-order valence-electron chi connectivity index (χ1n) is 6.32. The van der Waals surface area contributed by atoms with Crippen molar-refractivity contribution in [1.29, 1.82) is 0 Å². The van der Waals surface area contributed by atoms with Crippen LogP contribution in [0.1, 0.15) is 27.2 Å². The van der Waals surface area contributed by atoms with E-state index in [1.807, 2.05) is 25.7 Å². The molecule has 0 aromatic rings. The van der Waals surface area contributed by atoms with Gasteiger partial charge in [-0.3, -0.25) is 14.5 Å². The Hall–Kier alpha value is -1.10. The van der Waals surface area contributed by atoms with Crippen molar-refractivity contribution in [1.82, 2.24) is 15.1 Å². The fourth-order valence-corrected chi connectivity index (χ4v) is 1.95. The SMILES string of the molecule is CCC(=O)N1CCN(CC(=O)NC(C)C)CC1. The zero-order valence-electron chi connectivity index (χ0n) is 11.0. The molecule has 0 bridgehead atoms. The summed E-state index contributed by atoms with van der Waals surface area (Å²) in [5, 5.41) is 2.87. The number of amides is 2. The Balaban J connectivity index is 2.27. The summed E-state index contributed by atoms with van der Waals surface area (Å²) in [6, 6.07) is 0.186. The van der Waals surface area contributed by atoms with E-state index in [-0.39, 0.29) is 17.9 Å². The molecule has 0 unspecified atom stereocenters. The highest BCUT2D eigenvalue weighted by molar-refractivity contribution is 5.78. The molecule has 0 radical (unpaired) electrons. The average molecular weight is 241 g/mol. The maximum Gasteiger partial charge on any atom is 0.234 e. The van der Waals surface area contributed by atoms with Crippen LogP contribution in [0, 0.1) is 0 Å². The Bertz CT molecular complexity index is 271. The second kappa shape index (κ2) is 6.59. The summed E-state index contributed by atoms with van der Waals surface area (Å²) in [5.74, 6) is 0.270. The first-order valence-corrected chi connectivity index (χ1v) is 6.32. The van der Waals surface area contributed by atoms with Gasteiger partial charge in [0.2, 0.25) is 11.8 Å². The molecule has 1 heterocycles. The molecule has 5 nitrogen and oxygen atoms in total. The van der Waals surface area contributed by atoms with Crippen LogP contribution in [-0.2, 0) is 9.59 Å². The third kappa shape index (κ3) is 4.73. The van der Waals surface area contributed by atoms with E-state index in [1.54, 1.807) is 0 Å². The molecule has 1 saturated heterocycles. The van der Waals surface area contributed by atoms with Crippen molar-refractivity contribution < 1.29 is 9.59 Å². The smallest absolute Gasteiger partial charge is 0.234 e. The highest BCUT2D eigenvalue weighted by Crippen LogP contribution is 2.03. The summed E-state index contributed by atoms with van der Waals surface area (Å²) in [6.07, 6.45) is 0.563. The van der Waals surface area contributed by atoms with Gasteiger partial charge >= 0.3 is 0 Å². The second-order valence-corrected chi connectivity index (χ2v) is 4.73. The summed E-state index contributed by atoms with van der Waals surface area (Å²) >= 11 is 0. The van der Waals surface area contributed by atoms with Crippen LogP contribution in [-0.4, -0.2) is 60.4 Å². The third-order valence-electron chi connectivity index (χ3n) is 2.84. The fraction of sp³-hybridized carbons (Fsp3) is 0.833. The molecule has 98 valence electrons. The van der Waals surface area contributed by atoms with Crippen LogP contribution in [0.25, 0.3) is 0 Å². The number of piperazine rings is 1. The lowest BCUT2D eigenvalue weighted by atomic mass is 10.3. The monoisotopic (exact) mass is 241 g/mol. The molecule has 0 aromatic heterocycles. The van der Waals surface area contributed by atoms with Crippen molar-refractivity contribution in [2.75, 3.05) is 32.7 Å². The van der Waals surface area contributed by atoms with Gasteiger partial charge in [0.25, 0.3) is 0 Å². The Morgan fingerprint density at radius 3 is 2.24 bits per heavy atom. The Kier molecular flexibility index (Phi) is 5.41. The van der Waals surface area contributed by atoms with Gasteiger partial charge in [-0.1, -0.05) is 6.92 Å². The molecule has 1 N–H and O–H groups in total. The number of carbonyl (C=O) groups is 2. The van der Waals surface area contributed by atoms with Gasteiger partial charge in [0.15, 0.2) is 0 Å².